The van der Waals surface area contributed by atoms with Crippen molar-refractivity contribution in [2.24, 2.45) is 0 Å². The van der Waals surface area contributed by atoms with Crippen molar-refractivity contribution in [1.29, 1.82) is 0 Å². The van der Waals surface area contributed by atoms with Crippen LogP contribution in [0.15, 0.2) is 71.6 Å². The highest BCUT2D eigenvalue weighted by Gasteiger charge is 2.34. The van der Waals surface area contributed by atoms with Crippen molar-refractivity contribution < 1.29 is 22.7 Å². The van der Waals surface area contributed by atoms with Crippen molar-refractivity contribution in [2.75, 3.05) is 24.5 Å². The number of aryl methyl sites for hydroxylation is 2. The van der Waals surface area contributed by atoms with E-state index in [0.29, 0.717) is 18.7 Å². The second-order valence-electron chi connectivity index (χ2n) is 9.41. The molecule has 0 saturated heterocycles. The number of rotatable bonds is 12. The Hall–Kier alpha value is -3.56. The van der Waals surface area contributed by atoms with Crippen LogP contribution >= 0.6 is 11.6 Å². The van der Waals surface area contributed by atoms with Gasteiger partial charge in [-0.25, -0.2) is 8.42 Å². The van der Waals surface area contributed by atoms with Gasteiger partial charge in [-0.05, 0) is 68.7 Å². The molecule has 3 aromatic rings. The number of hydrogen-bond donors (Lipinski definition) is 1. The molecule has 1 atom stereocenters. The summed E-state index contributed by atoms with van der Waals surface area (Å²) in [6, 6.07) is 17.7. The molecular formula is C30H36ClN3O5S. The minimum Gasteiger partial charge on any atom is -0.495 e. The van der Waals surface area contributed by atoms with Gasteiger partial charge in [0.2, 0.25) is 11.8 Å². The first kappa shape index (κ1) is 31.0. The molecule has 0 bridgehead atoms. The Morgan fingerprint density at radius 3 is 2.25 bits per heavy atom. The number of benzene rings is 3. The van der Waals surface area contributed by atoms with Crippen LogP contribution in [0.2, 0.25) is 5.02 Å². The van der Waals surface area contributed by atoms with Gasteiger partial charge >= 0.3 is 0 Å². The van der Waals surface area contributed by atoms with Gasteiger partial charge in [0.15, 0.2) is 0 Å². The molecule has 1 N–H and O–H groups in total. The monoisotopic (exact) mass is 585 g/mol. The van der Waals surface area contributed by atoms with Crippen LogP contribution in [-0.4, -0.2) is 51.4 Å². The summed E-state index contributed by atoms with van der Waals surface area (Å²) in [6.07, 6.45) is 0.350. The summed E-state index contributed by atoms with van der Waals surface area (Å²) in [5.74, 6) is -0.454. The van der Waals surface area contributed by atoms with E-state index in [-0.39, 0.29) is 28.1 Å². The molecule has 2 amide bonds. The quantitative estimate of drug-likeness (QED) is 0.319. The first-order chi connectivity index (χ1) is 19.0. The van der Waals surface area contributed by atoms with Crippen molar-refractivity contribution in [3.05, 3.63) is 88.4 Å². The minimum atomic E-state index is -4.19. The molecule has 10 heteroatoms. The molecule has 40 heavy (non-hydrogen) atoms. The number of amides is 2. The number of halogens is 1. The Morgan fingerprint density at radius 1 is 1.00 bits per heavy atom. The zero-order valence-electron chi connectivity index (χ0n) is 23.5. The SMILES string of the molecule is CCNC(=O)C(CC)N(Cc1ccccc1C)C(=O)CN(c1ccc(OC)c(Cl)c1)S(=O)(=O)c1ccc(C)cc1. The number of carbonyl (C=O) groups is 2. The van der Waals surface area contributed by atoms with Crippen molar-refractivity contribution >= 4 is 39.1 Å². The number of ether oxygens (including phenoxy) is 1. The maximum absolute atomic E-state index is 14.1. The number of hydrogen-bond acceptors (Lipinski definition) is 5. The van der Waals surface area contributed by atoms with Crippen LogP contribution < -0.4 is 14.4 Å². The molecule has 214 valence electrons. The summed E-state index contributed by atoms with van der Waals surface area (Å²) < 4.78 is 34.2. The summed E-state index contributed by atoms with van der Waals surface area (Å²) in [6.45, 7) is 7.42. The molecule has 3 rings (SSSR count). The number of anilines is 1. The van der Waals surface area contributed by atoms with Crippen molar-refractivity contribution in [3.8, 4) is 5.75 Å². The van der Waals surface area contributed by atoms with Crippen molar-refractivity contribution in [1.82, 2.24) is 10.2 Å². The van der Waals surface area contributed by atoms with E-state index in [4.69, 9.17) is 16.3 Å². The lowest BCUT2D eigenvalue weighted by Gasteiger charge is -2.33. The number of methoxy groups -OCH3 is 1. The van der Waals surface area contributed by atoms with Crippen LogP contribution in [0.5, 0.6) is 5.75 Å². The molecule has 0 aliphatic rings. The number of sulfonamides is 1. The summed E-state index contributed by atoms with van der Waals surface area (Å²) in [5.41, 5.74) is 2.91. The Kier molecular flexibility index (Phi) is 10.6. The van der Waals surface area contributed by atoms with Crippen LogP contribution in [0.1, 0.15) is 37.0 Å². The highest BCUT2D eigenvalue weighted by atomic mass is 35.5. The third-order valence-electron chi connectivity index (χ3n) is 6.65. The van der Waals surface area contributed by atoms with E-state index in [1.165, 1.54) is 36.3 Å². The molecule has 0 saturated carbocycles. The lowest BCUT2D eigenvalue weighted by Crippen LogP contribution is -2.52. The second kappa shape index (κ2) is 13.7. The topological polar surface area (TPSA) is 96.0 Å². The molecule has 0 spiro atoms. The predicted molar refractivity (Wildman–Crippen MR) is 158 cm³/mol. The fourth-order valence-corrected chi connectivity index (χ4v) is 6.02. The van der Waals surface area contributed by atoms with Gasteiger partial charge < -0.3 is 15.0 Å². The fraction of sp³-hybridized carbons (Fsp3) is 0.333. The molecule has 0 aromatic heterocycles. The maximum atomic E-state index is 14.1. The van der Waals surface area contributed by atoms with Crippen LogP contribution in [-0.2, 0) is 26.2 Å². The van der Waals surface area contributed by atoms with Crippen LogP contribution in [0.4, 0.5) is 5.69 Å². The molecule has 0 radical (unpaired) electrons. The largest absolute Gasteiger partial charge is 0.495 e. The maximum Gasteiger partial charge on any atom is 0.264 e. The van der Waals surface area contributed by atoms with Gasteiger partial charge in [-0.1, -0.05) is 60.5 Å². The molecular weight excluding hydrogens is 550 g/mol. The molecule has 8 nitrogen and oxygen atoms in total. The number of nitrogens with zero attached hydrogens (tertiary/aromatic N) is 2. The van der Waals surface area contributed by atoms with E-state index in [9.17, 15) is 18.0 Å². The minimum absolute atomic E-state index is 0.0269. The molecule has 3 aromatic carbocycles. The first-order valence-electron chi connectivity index (χ1n) is 13.1. The van der Waals surface area contributed by atoms with E-state index in [0.717, 1.165) is 21.0 Å². The van der Waals surface area contributed by atoms with E-state index >= 15 is 0 Å². The zero-order chi connectivity index (χ0) is 29.4. The van der Waals surface area contributed by atoms with Gasteiger partial charge in [-0.2, -0.15) is 0 Å². The number of carbonyl (C=O) groups excluding carboxylic acids is 2. The highest BCUT2D eigenvalue weighted by Crippen LogP contribution is 2.32. The molecule has 0 aliphatic carbocycles. The predicted octanol–water partition coefficient (Wildman–Crippen LogP) is 5.10. The highest BCUT2D eigenvalue weighted by molar-refractivity contribution is 7.92. The Bertz CT molecular complexity index is 1440. The molecule has 0 fully saturated rings. The fourth-order valence-electron chi connectivity index (χ4n) is 4.36. The third kappa shape index (κ3) is 7.14. The van der Waals surface area contributed by atoms with Gasteiger partial charge in [0, 0.05) is 13.1 Å². The standard InChI is InChI=1S/C30H36ClN3O5S/c1-6-27(30(36)32-7-2)33(19-23-11-9-8-10-22(23)4)29(35)20-34(24-14-17-28(39-5)26(31)18-24)40(37,38)25-15-12-21(3)13-16-25/h8-18,27H,6-7,19-20H2,1-5H3,(H,32,36). The normalized spacial score (nSPS) is 11.9. The van der Waals surface area contributed by atoms with Crippen LogP contribution in [0.3, 0.4) is 0 Å². The molecule has 0 heterocycles. The van der Waals surface area contributed by atoms with E-state index in [2.05, 4.69) is 5.32 Å². The first-order valence-corrected chi connectivity index (χ1v) is 14.9. The van der Waals surface area contributed by atoms with Crippen molar-refractivity contribution in [2.45, 2.75) is 51.6 Å². The second-order valence-corrected chi connectivity index (χ2v) is 11.7. The Balaban J connectivity index is 2.11. The van der Waals surface area contributed by atoms with Crippen molar-refractivity contribution in [3.63, 3.8) is 0 Å². The molecule has 0 aliphatic heterocycles. The molecule has 1 unspecified atom stereocenters. The summed E-state index contributed by atoms with van der Waals surface area (Å²) in [5, 5.41) is 3.00. The van der Waals surface area contributed by atoms with Gasteiger partial charge in [0.05, 0.1) is 22.7 Å². The van der Waals surface area contributed by atoms with Crippen LogP contribution in [0.25, 0.3) is 0 Å². The zero-order valence-corrected chi connectivity index (χ0v) is 25.1. The summed E-state index contributed by atoms with van der Waals surface area (Å²) in [4.78, 5) is 28.6. The number of likely N-dealkylation sites (N-methyl/N-ethyl adjacent to an activating group) is 1. The lowest BCUT2D eigenvalue weighted by molar-refractivity contribution is -0.140. The summed E-state index contributed by atoms with van der Waals surface area (Å²) in [7, 11) is -2.73. The van der Waals surface area contributed by atoms with Crippen LogP contribution in [0, 0.1) is 13.8 Å². The van der Waals surface area contributed by atoms with Gasteiger partial charge in [-0.15, -0.1) is 0 Å². The lowest BCUT2D eigenvalue weighted by atomic mass is 10.1. The Morgan fingerprint density at radius 2 is 1.68 bits per heavy atom. The third-order valence-corrected chi connectivity index (χ3v) is 8.73. The van der Waals surface area contributed by atoms with E-state index in [1.54, 1.807) is 25.1 Å². The average Bonchev–Trinajstić information content (AvgIpc) is 2.92. The van der Waals surface area contributed by atoms with Gasteiger partial charge in [0.25, 0.3) is 10.0 Å². The summed E-state index contributed by atoms with van der Waals surface area (Å²) >= 11 is 6.37. The smallest absolute Gasteiger partial charge is 0.264 e. The number of nitrogens with one attached hydrogen (secondary N) is 1. The Labute approximate surface area is 241 Å². The van der Waals surface area contributed by atoms with Gasteiger partial charge in [-0.3, -0.25) is 13.9 Å². The average molecular weight is 586 g/mol. The van der Waals surface area contributed by atoms with E-state index < -0.39 is 28.5 Å². The van der Waals surface area contributed by atoms with Gasteiger partial charge in [0.1, 0.15) is 18.3 Å². The van der Waals surface area contributed by atoms with E-state index in [1.807, 2.05) is 45.0 Å².